The van der Waals surface area contributed by atoms with Crippen LogP contribution in [-0.2, 0) is 16.2 Å². The summed E-state index contributed by atoms with van der Waals surface area (Å²) in [5.74, 6) is -1.03. The van der Waals surface area contributed by atoms with Gasteiger partial charge in [-0.1, -0.05) is 41.9 Å². The van der Waals surface area contributed by atoms with Gasteiger partial charge in [0.05, 0.1) is 21.8 Å². The van der Waals surface area contributed by atoms with Crippen LogP contribution in [0.1, 0.15) is 22.3 Å². The van der Waals surface area contributed by atoms with Crippen molar-refractivity contribution in [3.63, 3.8) is 0 Å². The van der Waals surface area contributed by atoms with E-state index < -0.39 is 17.8 Å². The average Bonchev–Trinajstić information content (AvgIpc) is 2.83. The fraction of sp³-hybridized carbons (Fsp3) is 0.0769. The predicted octanol–water partition coefficient (Wildman–Crippen LogP) is 5.53. The van der Waals surface area contributed by atoms with Gasteiger partial charge in [0.15, 0.2) is 0 Å². The van der Waals surface area contributed by atoms with Crippen LogP contribution in [0.15, 0.2) is 70.7 Å². The summed E-state index contributed by atoms with van der Waals surface area (Å²) >= 11 is 9.59. The lowest BCUT2D eigenvalue weighted by molar-refractivity contribution is -0.122. The molecule has 35 heavy (non-hydrogen) atoms. The van der Waals surface area contributed by atoms with Gasteiger partial charge in [-0.15, -0.1) is 0 Å². The number of anilines is 1. The van der Waals surface area contributed by atoms with Crippen LogP contribution in [0.4, 0.5) is 10.5 Å². The molecule has 1 aliphatic rings. The molecule has 7 nitrogen and oxygen atoms in total. The van der Waals surface area contributed by atoms with E-state index in [1.165, 1.54) is 12.1 Å². The first-order valence-corrected chi connectivity index (χ1v) is 11.5. The van der Waals surface area contributed by atoms with Crippen LogP contribution in [-0.4, -0.2) is 17.8 Å². The van der Waals surface area contributed by atoms with E-state index in [0.717, 1.165) is 16.0 Å². The van der Waals surface area contributed by atoms with Crippen LogP contribution in [0.2, 0.25) is 5.02 Å². The summed E-state index contributed by atoms with van der Waals surface area (Å²) in [5, 5.41) is 11.8. The van der Waals surface area contributed by atoms with Crippen molar-refractivity contribution < 1.29 is 19.1 Å². The Morgan fingerprint density at radius 1 is 1.11 bits per heavy atom. The highest BCUT2D eigenvalue weighted by atomic mass is 79.9. The standard InChI is InChI=1S/C26H17BrClN3O4/c1-15-6-8-19(12-22(15)28)31-25(33)20(24(32)30-26(31)34)10-16-7-9-23(21(27)11-16)35-14-18-5-3-2-4-17(18)13-29/h2-12H,14H2,1H3,(H,30,32,34)/b20-10-. The third kappa shape index (κ3) is 5.11. The first-order chi connectivity index (χ1) is 16.8. The lowest BCUT2D eigenvalue weighted by Crippen LogP contribution is -2.54. The zero-order valence-electron chi connectivity index (χ0n) is 18.3. The molecule has 0 aromatic heterocycles. The van der Waals surface area contributed by atoms with Crippen molar-refractivity contribution in [1.29, 1.82) is 5.26 Å². The zero-order chi connectivity index (χ0) is 25.1. The Hall–Kier alpha value is -3.93. The van der Waals surface area contributed by atoms with Crippen LogP contribution >= 0.6 is 27.5 Å². The second-order valence-electron chi connectivity index (χ2n) is 7.64. The molecule has 0 spiro atoms. The molecule has 1 fully saturated rings. The first kappa shape index (κ1) is 24.2. The van der Waals surface area contributed by atoms with Crippen LogP contribution in [0, 0.1) is 18.3 Å². The van der Waals surface area contributed by atoms with Gasteiger partial charge in [-0.05, 0) is 70.4 Å². The number of urea groups is 1. The number of aryl methyl sites for hydroxylation is 1. The molecule has 1 aliphatic heterocycles. The first-order valence-electron chi connectivity index (χ1n) is 10.4. The SMILES string of the molecule is Cc1ccc(N2C(=O)NC(=O)/C(=C/c3ccc(OCc4ccccc4C#N)c(Br)c3)C2=O)cc1Cl. The number of nitriles is 1. The number of hydrogen-bond acceptors (Lipinski definition) is 5. The summed E-state index contributed by atoms with van der Waals surface area (Å²) in [6.45, 7) is 1.99. The molecule has 0 aliphatic carbocycles. The third-order valence-electron chi connectivity index (χ3n) is 5.30. The highest BCUT2D eigenvalue weighted by molar-refractivity contribution is 9.10. The van der Waals surface area contributed by atoms with Crippen molar-refractivity contribution >= 4 is 57.1 Å². The van der Waals surface area contributed by atoms with Gasteiger partial charge < -0.3 is 4.74 Å². The van der Waals surface area contributed by atoms with E-state index in [2.05, 4.69) is 27.3 Å². The largest absolute Gasteiger partial charge is 0.488 e. The molecule has 3 aromatic carbocycles. The molecule has 9 heteroatoms. The molecule has 1 heterocycles. The number of nitrogens with zero attached hydrogens (tertiary/aromatic N) is 2. The normalized spacial score (nSPS) is 14.6. The van der Waals surface area contributed by atoms with E-state index in [4.69, 9.17) is 16.3 Å². The fourth-order valence-corrected chi connectivity index (χ4v) is 4.10. The number of amides is 4. The Bertz CT molecular complexity index is 1440. The third-order valence-corrected chi connectivity index (χ3v) is 6.33. The quantitative estimate of drug-likeness (QED) is 0.333. The second kappa shape index (κ2) is 10.1. The van der Waals surface area contributed by atoms with E-state index >= 15 is 0 Å². The smallest absolute Gasteiger partial charge is 0.335 e. The highest BCUT2D eigenvalue weighted by Gasteiger charge is 2.37. The molecule has 0 radical (unpaired) electrons. The number of carbonyl (C=O) groups is 3. The van der Waals surface area contributed by atoms with Crippen molar-refractivity contribution in [2.45, 2.75) is 13.5 Å². The maximum Gasteiger partial charge on any atom is 0.335 e. The summed E-state index contributed by atoms with van der Waals surface area (Å²) in [7, 11) is 0. The van der Waals surface area contributed by atoms with Crippen molar-refractivity contribution in [1.82, 2.24) is 5.32 Å². The molecule has 0 bridgehead atoms. The van der Waals surface area contributed by atoms with Crippen molar-refractivity contribution in [2.75, 3.05) is 4.90 Å². The molecule has 4 rings (SSSR count). The number of ether oxygens (including phenoxy) is 1. The van der Waals surface area contributed by atoms with Crippen LogP contribution in [0.5, 0.6) is 5.75 Å². The topological polar surface area (TPSA) is 99.5 Å². The van der Waals surface area contributed by atoms with Crippen LogP contribution in [0.3, 0.4) is 0 Å². The molecule has 0 unspecified atom stereocenters. The lowest BCUT2D eigenvalue weighted by atomic mass is 10.1. The molecule has 0 atom stereocenters. The van der Waals surface area contributed by atoms with E-state index in [-0.39, 0.29) is 17.9 Å². The summed E-state index contributed by atoms with van der Waals surface area (Å²) in [4.78, 5) is 38.8. The van der Waals surface area contributed by atoms with Gasteiger partial charge in [0, 0.05) is 10.6 Å². The zero-order valence-corrected chi connectivity index (χ0v) is 20.7. The van der Waals surface area contributed by atoms with Crippen molar-refractivity contribution in [3.8, 4) is 11.8 Å². The number of nitrogens with one attached hydrogen (secondary N) is 1. The Kier molecular flexibility index (Phi) is 7.01. The Balaban J connectivity index is 1.58. The summed E-state index contributed by atoms with van der Waals surface area (Å²) in [6.07, 6.45) is 1.40. The van der Waals surface area contributed by atoms with Gasteiger partial charge in [0.25, 0.3) is 11.8 Å². The maximum absolute atomic E-state index is 13.1. The Morgan fingerprint density at radius 2 is 1.89 bits per heavy atom. The molecule has 4 amide bonds. The molecular weight excluding hydrogens is 534 g/mol. The van der Waals surface area contributed by atoms with E-state index in [9.17, 15) is 19.6 Å². The molecule has 1 saturated heterocycles. The van der Waals surface area contributed by atoms with Crippen LogP contribution in [0.25, 0.3) is 6.08 Å². The predicted molar refractivity (Wildman–Crippen MR) is 135 cm³/mol. The summed E-state index contributed by atoms with van der Waals surface area (Å²) in [6, 6.07) is 18.2. The van der Waals surface area contributed by atoms with Crippen molar-refractivity contribution in [2.24, 2.45) is 0 Å². The Labute approximate surface area is 214 Å². The van der Waals surface area contributed by atoms with E-state index in [0.29, 0.717) is 26.4 Å². The van der Waals surface area contributed by atoms with Gasteiger partial charge in [-0.2, -0.15) is 5.26 Å². The van der Waals surface area contributed by atoms with Gasteiger partial charge in [-0.3, -0.25) is 14.9 Å². The average molecular weight is 551 g/mol. The minimum absolute atomic E-state index is 0.194. The minimum Gasteiger partial charge on any atom is -0.488 e. The highest BCUT2D eigenvalue weighted by Crippen LogP contribution is 2.30. The molecule has 174 valence electrons. The van der Waals surface area contributed by atoms with Gasteiger partial charge in [0.2, 0.25) is 0 Å². The molecular formula is C26H17BrClN3O4. The second-order valence-corrected chi connectivity index (χ2v) is 8.90. The fourth-order valence-electron chi connectivity index (χ4n) is 3.41. The van der Waals surface area contributed by atoms with Gasteiger partial charge in [0.1, 0.15) is 17.9 Å². The maximum atomic E-state index is 13.1. The summed E-state index contributed by atoms with van der Waals surface area (Å²) in [5.41, 5.74) is 2.65. The number of halogens is 2. The Morgan fingerprint density at radius 3 is 2.60 bits per heavy atom. The molecule has 1 N–H and O–H groups in total. The van der Waals surface area contributed by atoms with Crippen molar-refractivity contribution in [3.05, 3.63) is 98.0 Å². The van der Waals surface area contributed by atoms with E-state index in [1.54, 1.807) is 49.4 Å². The minimum atomic E-state index is -0.848. The lowest BCUT2D eigenvalue weighted by Gasteiger charge is -2.26. The van der Waals surface area contributed by atoms with Gasteiger partial charge in [-0.25, -0.2) is 9.69 Å². The molecule has 0 saturated carbocycles. The van der Waals surface area contributed by atoms with Gasteiger partial charge >= 0.3 is 6.03 Å². The number of hydrogen-bond donors (Lipinski definition) is 1. The monoisotopic (exact) mass is 549 g/mol. The van der Waals surface area contributed by atoms with E-state index in [1.807, 2.05) is 12.1 Å². The summed E-state index contributed by atoms with van der Waals surface area (Å²) < 4.78 is 6.42. The number of barbiturate groups is 1. The number of carbonyl (C=O) groups excluding carboxylic acids is 3. The number of imide groups is 2. The number of benzene rings is 3. The number of rotatable bonds is 5. The van der Waals surface area contributed by atoms with Crippen LogP contribution < -0.4 is 15.0 Å². The molecule has 3 aromatic rings.